The first-order valence-electron chi connectivity index (χ1n) is 7.24. The molecule has 0 heterocycles. The summed E-state index contributed by atoms with van der Waals surface area (Å²) in [5.41, 5.74) is 1.79. The summed E-state index contributed by atoms with van der Waals surface area (Å²) in [6.45, 7) is 1.12. The van der Waals surface area contributed by atoms with Gasteiger partial charge in [0.05, 0.1) is 6.42 Å². The third-order valence-corrected chi connectivity index (χ3v) is 3.51. The molecule has 1 aliphatic rings. The Morgan fingerprint density at radius 3 is 2.29 bits per heavy atom. The summed E-state index contributed by atoms with van der Waals surface area (Å²) < 4.78 is 0. The topological polar surface area (TPSA) is 60.9 Å². The molecule has 1 aromatic carbocycles. The van der Waals surface area contributed by atoms with E-state index in [0.29, 0.717) is 5.56 Å². The van der Waals surface area contributed by atoms with Gasteiger partial charge in [0.1, 0.15) is 0 Å². The van der Waals surface area contributed by atoms with E-state index < -0.39 is 5.97 Å². The van der Waals surface area contributed by atoms with Crippen LogP contribution in [0.4, 0.5) is 0 Å². The maximum atomic E-state index is 12.5. The van der Waals surface area contributed by atoms with Gasteiger partial charge >= 0.3 is 5.97 Å². The van der Waals surface area contributed by atoms with Crippen LogP contribution in [0.15, 0.2) is 24.3 Å². The molecule has 0 spiro atoms. The highest BCUT2D eigenvalue weighted by Crippen LogP contribution is 2.28. The second kappa shape index (κ2) is 6.72. The summed E-state index contributed by atoms with van der Waals surface area (Å²) in [7, 11) is 4.00. The Hall–Kier alpha value is -1.88. The predicted octanol–water partition coefficient (Wildman–Crippen LogP) is 1.83. The number of amides is 1. The molecule has 0 aliphatic heterocycles. The van der Waals surface area contributed by atoms with Crippen LogP contribution in [0.2, 0.25) is 0 Å². The number of aliphatic carboxylic acids is 1. The van der Waals surface area contributed by atoms with Crippen LogP contribution in [0, 0.1) is 0 Å². The molecule has 1 aliphatic carbocycles. The van der Waals surface area contributed by atoms with Crippen LogP contribution in [0.5, 0.6) is 0 Å². The average molecular weight is 290 g/mol. The summed E-state index contributed by atoms with van der Waals surface area (Å²) in [6, 6.07) is 7.79. The molecule has 21 heavy (non-hydrogen) atoms. The van der Waals surface area contributed by atoms with Crippen LogP contribution in [0.3, 0.4) is 0 Å². The number of nitrogens with zero attached hydrogens (tertiary/aromatic N) is 2. The molecule has 0 unspecified atom stereocenters. The average Bonchev–Trinajstić information content (AvgIpc) is 3.23. The first-order chi connectivity index (χ1) is 9.97. The second-order valence-electron chi connectivity index (χ2n) is 5.81. The van der Waals surface area contributed by atoms with Crippen molar-refractivity contribution in [2.75, 3.05) is 20.6 Å². The molecule has 1 saturated carbocycles. The van der Waals surface area contributed by atoms with Crippen LogP contribution in [0.1, 0.15) is 35.2 Å². The van der Waals surface area contributed by atoms with Gasteiger partial charge in [0.25, 0.3) is 5.91 Å². The van der Waals surface area contributed by atoms with Crippen molar-refractivity contribution in [3.8, 4) is 0 Å². The van der Waals surface area contributed by atoms with Gasteiger partial charge in [-0.15, -0.1) is 0 Å². The zero-order valence-corrected chi connectivity index (χ0v) is 12.6. The van der Waals surface area contributed by atoms with Crippen LogP contribution in [-0.4, -0.2) is 53.5 Å². The van der Waals surface area contributed by atoms with Crippen molar-refractivity contribution < 1.29 is 14.7 Å². The van der Waals surface area contributed by atoms with Gasteiger partial charge in [-0.25, -0.2) is 0 Å². The lowest BCUT2D eigenvalue weighted by atomic mass is 10.1. The van der Waals surface area contributed by atoms with Crippen molar-refractivity contribution in [2.45, 2.75) is 31.8 Å². The Morgan fingerprint density at radius 1 is 1.19 bits per heavy atom. The molecule has 114 valence electrons. The molecule has 5 nitrogen and oxygen atoms in total. The minimum atomic E-state index is -0.866. The molecule has 1 aromatic rings. The van der Waals surface area contributed by atoms with Gasteiger partial charge in [0.15, 0.2) is 0 Å². The van der Waals surface area contributed by atoms with Crippen LogP contribution >= 0.6 is 0 Å². The molecular weight excluding hydrogens is 268 g/mol. The van der Waals surface area contributed by atoms with Crippen molar-refractivity contribution in [3.05, 3.63) is 35.4 Å². The molecule has 0 bridgehead atoms. The summed E-state index contributed by atoms with van der Waals surface area (Å²) in [5.74, 6) is -0.926. The van der Waals surface area contributed by atoms with Crippen LogP contribution in [-0.2, 0) is 11.3 Å². The van der Waals surface area contributed by atoms with Gasteiger partial charge in [-0.3, -0.25) is 9.59 Å². The summed E-state index contributed by atoms with van der Waals surface area (Å²) in [5, 5.41) is 8.79. The van der Waals surface area contributed by atoms with E-state index in [0.717, 1.165) is 24.9 Å². The minimum absolute atomic E-state index is 0.000945. The molecule has 5 heteroatoms. The first-order valence-corrected chi connectivity index (χ1v) is 7.24. The Bertz CT molecular complexity index is 507. The molecule has 0 aromatic heterocycles. The molecule has 1 N–H and O–H groups in total. The van der Waals surface area contributed by atoms with Crippen LogP contribution in [0.25, 0.3) is 0 Å². The molecule has 1 fully saturated rings. The van der Waals surface area contributed by atoms with Crippen molar-refractivity contribution >= 4 is 11.9 Å². The predicted molar refractivity (Wildman–Crippen MR) is 80.1 cm³/mol. The van der Waals surface area contributed by atoms with Gasteiger partial charge < -0.3 is 14.9 Å². The lowest BCUT2D eigenvalue weighted by Gasteiger charge is -2.22. The maximum absolute atomic E-state index is 12.5. The lowest BCUT2D eigenvalue weighted by Crippen LogP contribution is -2.35. The summed E-state index contributed by atoms with van der Waals surface area (Å²) in [4.78, 5) is 27.0. The standard InChI is InChI=1S/C16H22N2O3/c1-17(2)11-12-3-5-13(6-4-12)16(21)18(14-7-8-14)10-9-15(19)20/h3-6,14H,7-11H2,1-2H3,(H,19,20). The van der Waals surface area contributed by atoms with E-state index in [2.05, 4.69) is 4.90 Å². The van der Waals surface area contributed by atoms with Crippen LogP contribution < -0.4 is 0 Å². The van der Waals surface area contributed by atoms with E-state index in [4.69, 9.17) is 5.11 Å². The zero-order chi connectivity index (χ0) is 15.4. The number of carbonyl (C=O) groups is 2. The van der Waals surface area contributed by atoms with E-state index in [1.54, 1.807) is 4.90 Å². The fourth-order valence-electron chi connectivity index (χ4n) is 2.34. The largest absolute Gasteiger partial charge is 0.481 e. The number of rotatable bonds is 7. The van der Waals surface area contributed by atoms with E-state index in [9.17, 15) is 9.59 Å². The quantitative estimate of drug-likeness (QED) is 0.832. The number of carboxylic acid groups (broad SMARTS) is 1. The van der Waals surface area contributed by atoms with Gasteiger partial charge in [-0.05, 0) is 44.6 Å². The van der Waals surface area contributed by atoms with Gasteiger partial charge in [0.2, 0.25) is 0 Å². The lowest BCUT2D eigenvalue weighted by molar-refractivity contribution is -0.137. The highest BCUT2D eigenvalue weighted by atomic mass is 16.4. The Kier molecular flexibility index (Phi) is 4.96. The fraction of sp³-hybridized carbons (Fsp3) is 0.500. The second-order valence-corrected chi connectivity index (χ2v) is 5.81. The number of carboxylic acids is 1. The highest BCUT2D eigenvalue weighted by Gasteiger charge is 2.33. The Morgan fingerprint density at radius 2 is 1.81 bits per heavy atom. The Labute approximate surface area is 125 Å². The zero-order valence-electron chi connectivity index (χ0n) is 12.6. The van der Waals surface area contributed by atoms with Crippen molar-refractivity contribution in [1.29, 1.82) is 0 Å². The Balaban J connectivity index is 2.04. The monoisotopic (exact) mass is 290 g/mol. The van der Waals surface area contributed by atoms with Crippen molar-refractivity contribution in [2.24, 2.45) is 0 Å². The third-order valence-electron chi connectivity index (χ3n) is 3.51. The van der Waals surface area contributed by atoms with E-state index >= 15 is 0 Å². The minimum Gasteiger partial charge on any atom is -0.481 e. The fourth-order valence-corrected chi connectivity index (χ4v) is 2.34. The third kappa shape index (κ3) is 4.56. The first kappa shape index (κ1) is 15.5. The molecule has 2 rings (SSSR count). The van der Waals surface area contributed by atoms with E-state index in [1.165, 1.54) is 0 Å². The maximum Gasteiger partial charge on any atom is 0.305 e. The molecule has 0 saturated heterocycles. The van der Waals surface area contributed by atoms with E-state index in [1.807, 2.05) is 38.4 Å². The molecule has 1 amide bonds. The highest BCUT2D eigenvalue weighted by molar-refractivity contribution is 5.94. The van der Waals surface area contributed by atoms with Gasteiger partial charge in [-0.1, -0.05) is 12.1 Å². The normalized spacial score (nSPS) is 14.2. The SMILES string of the molecule is CN(C)Cc1ccc(C(=O)N(CCC(=O)O)C2CC2)cc1. The summed E-state index contributed by atoms with van der Waals surface area (Å²) in [6.07, 6.45) is 1.95. The molecule has 0 atom stereocenters. The number of hydrogen-bond donors (Lipinski definition) is 1. The molecule has 0 radical (unpaired) electrons. The number of carbonyl (C=O) groups excluding carboxylic acids is 1. The van der Waals surface area contributed by atoms with Crippen molar-refractivity contribution in [1.82, 2.24) is 9.80 Å². The summed E-state index contributed by atoms with van der Waals surface area (Å²) >= 11 is 0. The smallest absolute Gasteiger partial charge is 0.305 e. The van der Waals surface area contributed by atoms with Gasteiger partial charge in [-0.2, -0.15) is 0 Å². The van der Waals surface area contributed by atoms with Gasteiger partial charge in [0, 0.05) is 24.7 Å². The van der Waals surface area contributed by atoms with Crippen molar-refractivity contribution in [3.63, 3.8) is 0 Å². The molecular formula is C16H22N2O3. The number of hydrogen-bond acceptors (Lipinski definition) is 3. The number of benzene rings is 1. The van der Waals surface area contributed by atoms with E-state index in [-0.39, 0.29) is 24.9 Å².